The van der Waals surface area contributed by atoms with Crippen LogP contribution in [0.15, 0.2) is 24.3 Å². The largest absolute Gasteiger partial charge is 0.497 e. The number of H-pyrrole nitrogens is 1. The Kier molecular flexibility index (Phi) is 5.46. The number of methoxy groups -OCH3 is 2. The van der Waals surface area contributed by atoms with E-state index in [0.717, 1.165) is 17.0 Å². The van der Waals surface area contributed by atoms with Crippen LogP contribution in [0.3, 0.4) is 0 Å². The van der Waals surface area contributed by atoms with Gasteiger partial charge in [0.15, 0.2) is 0 Å². The van der Waals surface area contributed by atoms with Crippen LogP contribution in [-0.2, 0) is 17.6 Å². The number of hydrogen-bond donors (Lipinski definition) is 2. The van der Waals surface area contributed by atoms with E-state index >= 15 is 0 Å². The van der Waals surface area contributed by atoms with Crippen molar-refractivity contribution in [3.8, 4) is 11.5 Å². The molecule has 140 valence electrons. The minimum atomic E-state index is -0.534. The van der Waals surface area contributed by atoms with Gasteiger partial charge in [-0.15, -0.1) is 0 Å². The van der Waals surface area contributed by atoms with E-state index < -0.39 is 6.10 Å². The minimum absolute atomic E-state index is 0.000544. The normalized spacial score (nSPS) is 19.6. The average Bonchev–Trinajstić information content (AvgIpc) is 3.21. The van der Waals surface area contributed by atoms with Crippen molar-refractivity contribution in [2.75, 3.05) is 27.3 Å². The summed E-state index contributed by atoms with van der Waals surface area (Å²) in [6.45, 7) is 2.83. The van der Waals surface area contributed by atoms with Gasteiger partial charge < -0.3 is 19.5 Å². The van der Waals surface area contributed by atoms with Crippen molar-refractivity contribution in [1.82, 2.24) is 15.1 Å². The molecule has 7 heteroatoms. The molecule has 0 bridgehead atoms. The zero-order valence-corrected chi connectivity index (χ0v) is 15.4. The van der Waals surface area contributed by atoms with E-state index in [0.29, 0.717) is 31.0 Å². The number of hydrogen-bond acceptors (Lipinski definition) is 5. The molecule has 1 aromatic carbocycles. The summed E-state index contributed by atoms with van der Waals surface area (Å²) in [4.78, 5) is 14.4. The lowest BCUT2D eigenvalue weighted by Gasteiger charge is -2.17. The summed E-state index contributed by atoms with van der Waals surface area (Å²) < 4.78 is 10.5. The molecule has 0 saturated carbocycles. The molecule has 1 fully saturated rings. The predicted octanol–water partition coefficient (Wildman–Crippen LogP) is 1.34. The number of aryl methyl sites for hydroxylation is 1. The van der Waals surface area contributed by atoms with Crippen LogP contribution in [0.4, 0.5) is 0 Å². The topological polar surface area (TPSA) is 87.7 Å². The molecule has 1 amide bonds. The Balaban J connectivity index is 1.63. The standard InChI is InChI=1S/C19H25N3O4/c1-12-6-15(21-20-12)7-14-10-22(11-17(14)23)19(24)8-13-4-5-16(25-2)9-18(13)26-3/h4-6,9,14,17,23H,7-8,10-11H2,1-3H3,(H,20,21)/t14-,17-/m1/s1. The van der Waals surface area contributed by atoms with Gasteiger partial charge in [0.05, 0.1) is 32.4 Å². The fraction of sp³-hybridized carbons (Fsp3) is 0.474. The van der Waals surface area contributed by atoms with Gasteiger partial charge in [-0.05, 0) is 25.5 Å². The molecule has 0 spiro atoms. The number of rotatable bonds is 6. The molecule has 2 atom stereocenters. The molecule has 3 rings (SSSR count). The van der Waals surface area contributed by atoms with E-state index in [1.807, 2.05) is 25.1 Å². The van der Waals surface area contributed by atoms with Crippen LogP contribution in [0.2, 0.25) is 0 Å². The van der Waals surface area contributed by atoms with Crippen molar-refractivity contribution in [2.24, 2.45) is 5.92 Å². The molecule has 26 heavy (non-hydrogen) atoms. The molecule has 2 aromatic rings. The number of carbonyl (C=O) groups excluding carboxylic acids is 1. The summed E-state index contributed by atoms with van der Waals surface area (Å²) in [6.07, 6.45) is 0.351. The number of nitrogens with one attached hydrogen (secondary N) is 1. The fourth-order valence-corrected chi connectivity index (χ4v) is 3.38. The van der Waals surface area contributed by atoms with Crippen LogP contribution in [0.25, 0.3) is 0 Å². The number of aliphatic hydroxyl groups excluding tert-OH is 1. The molecule has 2 N–H and O–H groups in total. The first-order chi connectivity index (χ1) is 12.5. The van der Waals surface area contributed by atoms with Crippen LogP contribution in [0.1, 0.15) is 17.0 Å². The molecule has 1 aromatic heterocycles. The second kappa shape index (κ2) is 7.78. The Hall–Kier alpha value is -2.54. The smallest absolute Gasteiger partial charge is 0.227 e. The maximum atomic E-state index is 12.7. The molecule has 1 aliphatic rings. The highest BCUT2D eigenvalue weighted by Gasteiger charge is 2.34. The van der Waals surface area contributed by atoms with Gasteiger partial charge in [0.25, 0.3) is 0 Å². The molecular formula is C19H25N3O4. The van der Waals surface area contributed by atoms with Crippen molar-refractivity contribution in [3.63, 3.8) is 0 Å². The number of benzene rings is 1. The third-order valence-corrected chi connectivity index (χ3v) is 4.83. The van der Waals surface area contributed by atoms with Gasteiger partial charge in [0.1, 0.15) is 11.5 Å². The van der Waals surface area contributed by atoms with Gasteiger partial charge >= 0.3 is 0 Å². The number of aromatic nitrogens is 2. The van der Waals surface area contributed by atoms with Gasteiger partial charge in [-0.1, -0.05) is 6.07 Å². The van der Waals surface area contributed by atoms with Crippen molar-refractivity contribution < 1.29 is 19.4 Å². The van der Waals surface area contributed by atoms with Crippen molar-refractivity contribution in [1.29, 1.82) is 0 Å². The van der Waals surface area contributed by atoms with Crippen LogP contribution >= 0.6 is 0 Å². The number of nitrogens with zero attached hydrogens (tertiary/aromatic N) is 2. The van der Waals surface area contributed by atoms with Gasteiger partial charge in [-0.2, -0.15) is 5.10 Å². The fourth-order valence-electron chi connectivity index (χ4n) is 3.38. The molecule has 0 unspecified atom stereocenters. The van der Waals surface area contributed by atoms with Gasteiger partial charge in [0.2, 0.25) is 5.91 Å². The van der Waals surface area contributed by atoms with Crippen LogP contribution in [0.5, 0.6) is 11.5 Å². The lowest BCUT2D eigenvalue weighted by Crippen LogP contribution is -2.31. The molecule has 0 aliphatic carbocycles. The summed E-state index contributed by atoms with van der Waals surface area (Å²) in [5.41, 5.74) is 2.71. The molecule has 1 aliphatic heterocycles. The van der Waals surface area contributed by atoms with E-state index in [1.165, 1.54) is 0 Å². The Morgan fingerprint density at radius 2 is 2.12 bits per heavy atom. The van der Waals surface area contributed by atoms with Crippen molar-refractivity contribution >= 4 is 5.91 Å². The molecule has 7 nitrogen and oxygen atoms in total. The Bertz CT molecular complexity index is 774. The number of amides is 1. The van der Waals surface area contributed by atoms with E-state index in [9.17, 15) is 9.90 Å². The monoisotopic (exact) mass is 359 g/mol. The summed E-state index contributed by atoms with van der Waals surface area (Å²) in [6, 6.07) is 7.39. The zero-order valence-electron chi connectivity index (χ0n) is 15.4. The zero-order chi connectivity index (χ0) is 18.7. The van der Waals surface area contributed by atoms with Crippen LogP contribution < -0.4 is 9.47 Å². The first kappa shape index (κ1) is 18.3. The Morgan fingerprint density at radius 1 is 1.31 bits per heavy atom. The SMILES string of the molecule is COc1ccc(CC(=O)N2C[C@@H](Cc3cc(C)[nH]n3)[C@H](O)C2)c(OC)c1. The van der Waals surface area contributed by atoms with E-state index in [4.69, 9.17) is 9.47 Å². The first-order valence-electron chi connectivity index (χ1n) is 8.67. The van der Waals surface area contributed by atoms with Crippen molar-refractivity contribution in [2.45, 2.75) is 25.9 Å². The Labute approximate surface area is 152 Å². The number of aromatic amines is 1. The minimum Gasteiger partial charge on any atom is -0.497 e. The number of aliphatic hydroxyl groups is 1. The number of ether oxygens (including phenoxy) is 2. The van der Waals surface area contributed by atoms with Crippen molar-refractivity contribution in [3.05, 3.63) is 41.2 Å². The predicted molar refractivity (Wildman–Crippen MR) is 96.4 cm³/mol. The van der Waals surface area contributed by atoms with Crippen LogP contribution in [-0.4, -0.2) is 59.5 Å². The number of carbonyl (C=O) groups is 1. The third-order valence-electron chi connectivity index (χ3n) is 4.83. The molecule has 0 radical (unpaired) electrons. The summed E-state index contributed by atoms with van der Waals surface area (Å²) in [5.74, 6) is 1.29. The molecule has 1 saturated heterocycles. The highest BCUT2D eigenvalue weighted by atomic mass is 16.5. The second-order valence-electron chi connectivity index (χ2n) is 6.73. The highest BCUT2D eigenvalue weighted by Crippen LogP contribution is 2.27. The highest BCUT2D eigenvalue weighted by molar-refractivity contribution is 5.80. The molecule has 2 heterocycles. The quantitative estimate of drug-likeness (QED) is 0.813. The molecular weight excluding hydrogens is 334 g/mol. The number of likely N-dealkylation sites (tertiary alicyclic amines) is 1. The third kappa shape index (κ3) is 3.99. The lowest BCUT2D eigenvalue weighted by atomic mass is 10.0. The summed E-state index contributed by atoms with van der Waals surface area (Å²) in [7, 11) is 3.16. The maximum Gasteiger partial charge on any atom is 0.227 e. The van der Waals surface area contributed by atoms with E-state index in [2.05, 4.69) is 10.2 Å². The average molecular weight is 359 g/mol. The number of β-amino-alcohol motifs (C(OH)–C–C–N with tert-alkyl or cyclic N) is 1. The van der Waals surface area contributed by atoms with E-state index in [1.54, 1.807) is 25.2 Å². The maximum absolute atomic E-state index is 12.7. The summed E-state index contributed by atoms with van der Waals surface area (Å²) in [5, 5.41) is 17.5. The Morgan fingerprint density at radius 3 is 2.77 bits per heavy atom. The van der Waals surface area contributed by atoms with Gasteiger partial charge in [0, 0.05) is 36.3 Å². The first-order valence-corrected chi connectivity index (χ1v) is 8.67. The van der Waals surface area contributed by atoms with Gasteiger partial charge in [-0.3, -0.25) is 9.89 Å². The van der Waals surface area contributed by atoms with E-state index in [-0.39, 0.29) is 18.2 Å². The summed E-state index contributed by atoms with van der Waals surface area (Å²) >= 11 is 0. The van der Waals surface area contributed by atoms with Crippen LogP contribution in [0, 0.1) is 12.8 Å². The second-order valence-corrected chi connectivity index (χ2v) is 6.73. The van der Waals surface area contributed by atoms with Gasteiger partial charge in [-0.25, -0.2) is 0 Å². The lowest BCUT2D eigenvalue weighted by molar-refractivity contribution is -0.129.